The average molecular weight is 464 g/mol. The summed E-state index contributed by atoms with van der Waals surface area (Å²) in [6.07, 6.45) is 1.65. The van der Waals surface area contributed by atoms with E-state index >= 15 is 0 Å². The van der Waals surface area contributed by atoms with Crippen LogP contribution in [0.15, 0.2) is 70.7 Å². The number of nitrogens with one attached hydrogen (secondary N) is 1. The molecule has 0 aliphatic heterocycles. The van der Waals surface area contributed by atoms with Crippen LogP contribution in [-0.2, 0) is 4.79 Å². The highest BCUT2D eigenvalue weighted by molar-refractivity contribution is 7.99. The van der Waals surface area contributed by atoms with E-state index in [-0.39, 0.29) is 23.3 Å². The van der Waals surface area contributed by atoms with Crippen molar-refractivity contribution in [3.8, 4) is 11.4 Å². The number of carbonyl (C=O) groups is 1. The van der Waals surface area contributed by atoms with Gasteiger partial charge < -0.3 is 10.1 Å². The number of benzene rings is 2. The molecule has 0 atom stereocenters. The third-order valence-electron chi connectivity index (χ3n) is 4.91. The second-order valence-corrected chi connectivity index (χ2v) is 8.49. The number of amides is 1. The zero-order valence-corrected chi connectivity index (χ0v) is 19.5. The lowest BCUT2D eigenvalue weighted by Crippen LogP contribution is -2.24. The topological polar surface area (TPSA) is 91.0 Å². The molecule has 1 amide bonds. The highest BCUT2D eigenvalue weighted by atomic mass is 32.2. The Bertz CT molecular complexity index is 1350. The van der Waals surface area contributed by atoms with Crippen LogP contribution in [0.3, 0.4) is 0 Å². The molecule has 9 heteroatoms. The lowest BCUT2D eigenvalue weighted by atomic mass is 10.2. The molecule has 0 unspecified atom stereocenters. The zero-order chi connectivity index (χ0) is 23.4. The zero-order valence-electron chi connectivity index (χ0n) is 18.7. The summed E-state index contributed by atoms with van der Waals surface area (Å²) in [7, 11) is 0. The van der Waals surface area contributed by atoms with E-state index in [9.17, 15) is 9.59 Å². The predicted molar refractivity (Wildman–Crippen MR) is 130 cm³/mol. The fraction of sp³-hybridized carbons (Fsp3) is 0.250. The van der Waals surface area contributed by atoms with E-state index in [2.05, 4.69) is 10.4 Å². The van der Waals surface area contributed by atoms with Gasteiger partial charge in [-0.05, 0) is 45.0 Å². The Labute approximate surface area is 195 Å². The highest BCUT2D eigenvalue weighted by Crippen LogP contribution is 2.27. The quantitative estimate of drug-likeness (QED) is 0.310. The molecule has 4 rings (SSSR count). The van der Waals surface area contributed by atoms with Gasteiger partial charge in [-0.25, -0.2) is 9.67 Å². The van der Waals surface area contributed by atoms with Gasteiger partial charge in [-0.1, -0.05) is 36.0 Å². The van der Waals surface area contributed by atoms with Gasteiger partial charge in [0.05, 0.1) is 35.1 Å². The minimum atomic E-state index is -0.214. The molecule has 2 heterocycles. The number of anilines is 1. The van der Waals surface area contributed by atoms with Crippen molar-refractivity contribution in [3.63, 3.8) is 0 Å². The largest absolute Gasteiger partial charge is 0.492 e. The number of aromatic nitrogens is 4. The van der Waals surface area contributed by atoms with Gasteiger partial charge in [0, 0.05) is 12.1 Å². The highest BCUT2D eigenvalue weighted by Gasteiger charge is 2.18. The molecule has 0 aliphatic carbocycles. The van der Waals surface area contributed by atoms with Crippen LogP contribution in [0.5, 0.6) is 5.75 Å². The van der Waals surface area contributed by atoms with Crippen molar-refractivity contribution in [2.24, 2.45) is 0 Å². The summed E-state index contributed by atoms with van der Waals surface area (Å²) in [4.78, 5) is 30.9. The molecule has 170 valence electrons. The average Bonchev–Trinajstić information content (AvgIpc) is 3.27. The van der Waals surface area contributed by atoms with E-state index in [1.807, 2.05) is 57.2 Å². The van der Waals surface area contributed by atoms with E-state index in [0.29, 0.717) is 39.9 Å². The summed E-state index contributed by atoms with van der Waals surface area (Å²) in [6.45, 7) is 6.33. The first kappa shape index (κ1) is 22.6. The molecule has 2 aromatic carbocycles. The fourth-order valence-electron chi connectivity index (χ4n) is 3.47. The van der Waals surface area contributed by atoms with Gasteiger partial charge in [0.1, 0.15) is 11.6 Å². The van der Waals surface area contributed by atoms with Crippen molar-refractivity contribution in [1.82, 2.24) is 19.3 Å². The number of rotatable bonds is 8. The third kappa shape index (κ3) is 4.78. The monoisotopic (exact) mass is 463 g/mol. The standard InChI is InChI=1S/C24H25N5O3S/c1-4-32-20-12-8-7-11-19(20)28-23(31)17-9-5-6-10-18(17)26-24(28)33-15-22(30)27-21-13-14-25-29(21)16(2)3/h5-14,16H,4,15H2,1-3H3,(H,27,30). The Morgan fingerprint density at radius 2 is 1.88 bits per heavy atom. The van der Waals surface area contributed by atoms with Gasteiger partial charge in [-0.15, -0.1) is 0 Å². The third-order valence-corrected chi connectivity index (χ3v) is 5.85. The first-order chi connectivity index (χ1) is 16.0. The molecule has 0 saturated carbocycles. The Balaban J connectivity index is 1.70. The van der Waals surface area contributed by atoms with E-state index in [0.717, 1.165) is 0 Å². The number of nitrogens with zero attached hydrogens (tertiary/aromatic N) is 4. The maximum Gasteiger partial charge on any atom is 0.266 e. The predicted octanol–water partition coefficient (Wildman–Crippen LogP) is 4.29. The lowest BCUT2D eigenvalue weighted by molar-refractivity contribution is -0.113. The smallest absolute Gasteiger partial charge is 0.266 e. The second-order valence-electron chi connectivity index (χ2n) is 7.54. The number of hydrogen-bond acceptors (Lipinski definition) is 6. The van der Waals surface area contributed by atoms with Gasteiger partial charge in [0.2, 0.25) is 5.91 Å². The number of hydrogen-bond donors (Lipinski definition) is 1. The van der Waals surface area contributed by atoms with Crippen molar-refractivity contribution in [1.29, 1.82) is 0 Å². The molecule has 2 aromatic heterocycles. The Kier molecular flexibility index (Phi) is 6.79. The number of thioether (sulfide) groups is 1. The summed E-state index contributed by atoms with van der Waals surface area (Å²) in [6, 6.07) is 16.4. The summed E-state index contributed by atoms with van der Waals surface area (Å²) in [5.41, 5.74) is 0.949. The van der Waals surface area contributed by atoms with Crippen molar-refractivity contribution >= 4 is 34.4 Å². The van der Waals surface area contributed by atoms with Crippen LogP contribution in [0.25, 0.3) is 16.6 Å². The van der Waals surface area contributed by atoms with E-state index < -0.39 is 0 Å². The molecule has 0 bridgehead atoms. The molecule has 0 fully saturated rings. The number of para-hydroxylation sites is 3. The minimum absolute atomic E-state index is 0.0743. The normalized spacial score (nSPS) is 11.2. The SMILES string of the molecule is CCOc1ccccc1-n1c(SCC(=O)Nc2ccnn2C(C)C)nc2ccccc2c1=O. The molecule has 4 aromatic rings. The van der Waals surface area contributed by atoms with Crippen LogP contribution >= 0.6 is 11.8 Å². The molecule has 8 nitrogen and oxygen atoms in total. The van der Waals surface area contributed by atoms with Crippen molar-refractivity contribution < 1.29 is 9.53 Å². The summed E-state index contributed by atoms with van der Waals surface area (Å²) >= 11 is 1.20. The number of fused-ring (bicyclic) bond motifs is 1. The van der Waals surface area contributed by atoms with Crippen LogP contribution in [0.4, 0.5) is 5.82 Å². The minimum Gasteiger partial charge on any atom is -0.492 e. The molecule has 0 spiro atoms. The molecule has 33 heavy (non-hydrogen) atoms. The molecule has 0 saturated heterocycles. The Morgan fingerprint density at radius 3 is 2.67 bits per heavy atom. The van der Waals surface area contributed by atoms with Gasteiger partial charge in [-0.2, -0.15) is 5.10 Å². The molecule has 0 aliphatic rings. The molecular formula is C24H25N5O3S. The Hall–Kier alpha value is -3.59. The lowest BCUT2D eigenvalue weighted by Gasteiger charge is -2.16. The van der Waals surface area contributed by atoms with Gasteiger partial charge in [0.15, 0.2) is 5.16 Å². The van der Waals surface area contributed by atoms with Gasteiger partial charge in [-0.3, -0.25) is 14.2 Å². The van der Waals surface area contributed by atoms with Crippen LogP contribution in [0.2, 0.25) is 0 Å². The van der Waals surface area contributed by atoms with Crippen molar-refractivity contribution in [2.45, 2.75) is 32.0 Å². The molecule has 0 radical (unpaired) electrons. The summed E-state index contributed by atoms with van der Waals surface area (Å²) in [5, 5.41) is 8.04. The van der Waals surface area contributed by atoms with Gasteiger partial charge in [0.25, 0.3) is 5.56 Å². The summed E-state index contributed by atoms with van der Waals surface area (Å²) < 4.78 is 9.02. The maximum atomic E-state index is 13.5. The van der Waals surface area contributed by atoms with E-state index in [4.69, 9.17) is 9.72 Å². The molecule has 1 N–H and O–H groups in total. The van der Waals surface area contributed by atoms with Crippen LogP contribution in [-0.4, -0.2) is 37.6 Å². The Morgan fingerprint density at radius 1 is 1.12 bits per heavy atom. The van der Waals surface area contributed by atoms with Crippen LogP contribution in [0.1, 0.15) is 26.8 Å². The fourth-order valence-corrected chi connectivity index (χ4v) is 4.28. The summed E-state index contributed by atoms with van der Waals surface area (Å²) in [5.74, 6) is 1.06. The van der Waals surface area contributed by atoms with Gasteiger partial charge >= 0.3 is 0 Å². The van der Waals surface area contributed by atoms with Crippen LogP contribution < -0.4 is 15.6 Å². The molecular weight excluding hydrogens is 438 g/mol. The van der Waals surface area contributed by atoms with E-state index in [1.165, 1.54) is 16.3 Å². The van der Waals surface area contributed by atoms with Crippen LogP contribution in [0, 0.1) is 0 Å². The second kappa shape index (κ2) is 9.91. The van der Waals surface area contributed by atoms with E-state index in [1.54, 1.807) is 29.1 Å². The van der Waals surface area contributed by atoms with Crippen molar-refractivity contribution in [2.75, 3.05) is 17.7 Å². The maximum absolute atomic E-state index is 13.5. The van der Waals surface area contributed by atoms with Crippen molar-refractivity contribution in [3.05, 3.63) is 71.1 Å². The number of carbonyl (C=O) groups excluding carboxylic acids is 1. The first-order valence-corrected chi connectivity index (χ1v) is 11.7. The number of ether oxygens (including phenoxy) is 1. The first-order valence-electron chi connectivity index (χ1n) is 10.7.